The fraction of sp³-hybridized carbons (Fsp3) is 1.00. The third-order valence-corrected chi connectivity index (χ3v) is 41.0. The lowest BCUT2D eigenvalue weighted by Gasteiger charge is -2.56. The maximum atomic E-state index is 8.25. The Bertz CT molecular complexity index is 784. The van der Waals surface area contributed by atoms with Gasteiger partial charge in [-0.15, -0.1) is 0 Å². The Morgan fingerprint density at radius 2 is 0.538 bits per heavy atom. The van der Waals surface area contributed by atoms with Crippen LogP contribution in [0.5, 0.6) is 0 Å². The molecular weight excluding hydrogens is 721 g/mol. The van der Waals surface area contributed by atoms with Crippen molar-refractivity contribution in [2.75, 3.05) is 6.61 Å². The van der Waals surface area contributed by atoms with E-state index in [1.807, 2.05) is 0 Å². The molecule has 0 unspecified atom stereocenters. The van der Waals surface area contributed by atoms with E-state index in [9.17, 15) is 0 Å². The molecule has 0 saturated heterocycles. The molecule has 0 aromatic carbocycles. The lowest BCUT2D eigenvalue weighted by molar-refractivity contribution is 0.216. The van der Waals surface area contributed by atoms with Crippen molar-refractivity contribution >= 4 is 42.1 Å². The number of hydrogen-bond donors (Lipinski definition) is 0. The van der Waals surface area contributed by atoms with Gasteiger partial charge in [-0.2, -0.15) is 0 Å². The van der Waals surface area contributed by atoms with Crippen molar-refractivity contribution in [2.24, 2.45) is 0 Å². The Balaban J connectivity index is 6.60. The van der Waals surface area contributed by atoms with Gasteiger partial charge in [-0.3, -0.25) is 0 Å². The first kappa shape index (κ1) is 52.9. The summed E-state index contributed by atoms with van der Waals surface area (Å²) in [5.41, 5.74) is 4.43. The summed E-state index contributed by atoms with van der Waals surface area (Å²) in [5.74, 6) is 0. The van der Waals surface area contributed by atoms with E-state index >= 15 is 0 Å². The highest BCUT2D eigenvalue weighted by atomic mass is 28.5. The highest BCUT2D eigenvalue weighted by Crippen LogP contribution is 2.53. The lowest BCUT2D eigenvalue weighted by Crippen LogP contribution is -2.69. The molecule has 0 saturated carbocycles. The second-order valence-electron chi connectivity index (χ2n) is 20.2. The molecule has 0 atom stereocenters. The number of unbranched alkanes of at least 4 members (excludes halogenated alkanes) is 9. The van der Waals surface area contributed by atoms with Gasteiger partial charge < -0.3 is 16.8 Å². The standard InChI is InChI=1S/C43H98O4Si5/c1-22-44-48(20,21)33-31-29-27-25-23-24-26-28-30-32-34-49(45-50(35(2)3,36(4)5)37(6)7,46-51(38(8)9,39(10)11)40(12)13)47-52(41(14)15,42(16)17)43(18)19/h35-43H,22-34H2,1-21H3. The third kappa shape index (κ3) is 14.4. The highest BCUT2D eigenvalue weighted by Gasteiger charge is 2.63. The molecule has 0 heterocycles. The van der Waals surface area contributed by atoms with Crippen molar-refractivity contribution in [1.29, 1.82) is 0 Å². The minimum absolute atomic E-state index is 0.492. The van der Waals surface area contributed by atoms with Gasteiger partial charge in [0.05, 0.1) is 0 Å². The summed E-state index contributed by atoms with van der Waals surface area (Å²) in [4.78, 5) is 0. The monoisotopic (exact) mass is 819 g/mol. The van der Waals surface area contributed by atoms with Crippen LogP contribution in [0.25, 0.3) is 0 Å². The second-order valence-corrected chi connectivity index (χ2v) is 44.3. The van der Waals surface area contributed by atoms with Gasteiger partial charge in [0.15, 0.2) is 33.3 Å². The van der Waals surface area contributed by atoms with Crippen LogP contribution in [0.3, 0.4) is 0 Å². The Morgan fingerprint density at radius 3 is 0.750 bits per heavy atom. The summed E-state index contributed by atoms with van der Waals surface area (Å²) in [5, 5.41) is 0. The molecule has 9 heteroatoms. The Labute approximate surface area is 334 Å². The maximum absolute atomic E-state index is 8.25. The van der Waals surface area contributed by atoms with E-state index in [0.717, 1.165) is 19.1 Å². The number of hydrogen-bond acceptors (Lipinski definition) is 4. The van der Waals surface area contributed by atoms with E-state index < -0.39 is 42.1 Å². The fourth-order valence-electron chi connectivity index (χ4n) is 10.9. The summed E-state index contributed by atoms with van der Waals surface area (Å²) in [6.07, 6.45) is 13.3. The van der Waals surface area contributed by atoms with E-state index in [0.29, 0.717) is 49.9 Å². The maximum Gasteiger partial charge on any atom is 0.469 e. The number of rotatable bonds is 30. The van der Waals surface area contributed by atoms with Gasteiger partial charge in [-0.25, -0.2) is 0 Å². The van der Waals surface area contributed by atoms with Crippen LogP contribution in [0.4, 0.5) is 0 Å². The van der Waals surface area contributed by atoms with Crippen LogP contribution >= 0.6 is 0 Å². The predicted octanol–water partition coefficient (Wildman–Crippen LogP) is 16.6. The topological polar surface area (TPSA) is 36.9 Å². The van der Waals surface area contributed by atoms with Crippen molar-refractivity contribution < 1.29 is 16.8 Å². The van der Waals surface area contributed by atoms with Gasteiger partial charge in [-0.05, 0) is 82.4 Å². The molecule has 0 bridgehead atoms. The zero-order valence-corrected chi connectivity index (χ0v) is 44.5. The summed E-state index contributed by atoms with van der Waals surface area (Å²) < 4.78 is 30.8. The zero-order valence-electron chi connectivity index (χ0n) is 39.5. The molecule has 0 radical (unpaired) electrons. The SMILES string of the molecule is CCO[Si](C)(C)CCCCCCCCCCCC[Si](O[Si](C(C)C)(C(C)C)C(C)C)(O[Si](C(C)C)(C(C)C)C(C)C)O[Si](C(C)C)(C(C)C)C(C)C. The predicted molar refractivity (Wildman–Crippen MR) is 247 cm³/mol. The summed E-state index contributed by atoms with van der Waals surface area (Å²) in [7, 11) is -11.6. The van der Waals surface area contributed by atoms with Crippen molar-refractivity contribution in [3.63, 3.8) is 0 Å². The molecule has 0 rings (SSSR count). The first-order valence-electron chi connectivity index (χ1n) is 22.6. The molecule has 0 aliphatic heterocycles. The molecule has 0 aliphatic rings. The van der Waals surface area contributed by atoms with Gasteiger partial charge in [-0.1, -0.05) is 182 Å². The zero-order chi connectivity index (χ0) is 40.7. The van der Waals surface area contributed by atoms with Crippen LogP contribution in [-0.2, 0) is 16.8 Å². The van der Waals surface area contributed by atoms with Crippen LogP contribution in [0.15, 0.2) is 0 Å². The third-order valence-electron chi connectivity index (χ3n) is 13.2. The molecule has 0 aliphatic carbocycles. The van der Waals surface area contributed by atoms with E-state index in [2.05, 4.69) is 145 Å². The lowest BCUT2D eigenvalue weighted by atomic mass is 10.1. The fourth-order valence-corrected chi connectivity index (χ4v) is 43.4. The average molecular weight is 820 g/mol. The van der Waals surface area contributed by atoms with Crippen molar-refractivity contribution in [3.05, 3.63) is 0 Å². The average Bonchev–Trinajstić information content (AvgIpc) is 3.00. The van der Waals surface area contributed by atoms with E-state index in [4.69, 9.17) is 16.8 Å². The molecule has 314 valence electrons. The first-order chi connectivity index (χ1) is 23.9. The van der Waals surface area contributed by atoms with E-state index in [-0.39, 0.29) is 0 Å². The van der Waals surface area contributed by atoms with Crippen molar-refractivity contribution in [1.82, 2.24) is 0 Å². The molecule has 4 nitrogen and oxygen atoms in total. The molecule has 52 heavy (non-hydrogen) atoms. The first-order valence-corrected chi connectivity index (χ1v) is 34.1. The van der Waals surface area contributed by atoms with Gasteiger partial charge in [0.25, 0.3) is 0 Å². The molecular formula is C43H98O4Si5. The quantitative estimate of drug-likeness (QED) is 0.0534. The minimum atomic E-state index is -3.20. The van der Waals surface area contributed by atoms with Crippen molar-refractivity contribution in [2.45, 2.75) is 271 Å². The Kier molecular flexibility index (Phi) is 24.4. The van der Waals surface area contributed by atoms with Crippen LogP contribution in [0, 0.1) is 0 Å². The van der Waals surface area contributed by atoms with E-state index in [1.54, 1.807) is 0 Å². The molecule has 0 fully saturated rings. The Morgan fingerprint density at radius 1 is 0.327 bits per heavy atom. The molecule has 0 aromatic rings. The minimum Gasteiger partial charge on any atom is -0.418 e. The van der Waals surface area contributed by atoms with Crippen LogP contribution in [0.1, 0.15) is 196 Å². The van der Waals surface area contributed by atoms with Crippen LogP contribution < -0.4 is 0 Å². The normalized spacial score (nSPS) is 14.4. The Hall–Kier alpha value is 0.924. The van der Waals surface area contributed by atoms with Crippen molar-refractivity contribution in [3.8, 4) is 0 Å². The van der Waals surface area contributed by atoms with Crippen LogP contribution in [-0.4, -0.2) is 48.7 Å². The molecule has 0 amide bonds. The summed E-state index contributed by atoms with van der Waals surface area (Å²) in [6.45, 7) is 51.8. The summed E-state index contributed by atoms with van der Waals surface area (Å²) >= 11 is 0. The summed E-state index contributed by atoms with van der Waals surface area (Å²) in [6, 6.07) is 2.29. The van der Waals surface area contributed by atoms with Gasteiger partial charge in [0.1, 0.15) is 0 Å². The molecule has 0 N–H and O–H groups in total. The molecule has 0 spiro atoms. The highest BCUT2D eigenvalue weighted by molar-refractivity contribution is 6.94. The smallest absolute Gasteiger partial charge is 0.418 e. The molecule has 0 aromatic heterocycles. The van der Waals surface area contributed by atoms with Crippen LogP contribution in [0.2, 0.25) is 75.1 Å². The van der Waals surface area contributed by atoms with Gasteiger partial charge >= 0.3 is 8.80 Å². The largest absolute Gasteiger partial charge is 0.469 e. The van der Waals surface area contributed by atoms with E-state index in [1.165, 1.54) is 63.8 Å². The van der Waals surface area contributed by atoms with Gasteiger partial charge in [0.2, 0.25) is 0 Å². The second kappa shape index (κ2) is 24.0. The van der Waals surface area contributed by atoms with Gasteiger partial charge in [0, 0.05) is 12.7 Å².